The van der Waals surface area contributed by atoms with E-state index in [2.05, 4.69) is 144 Å². The van der Waals surface area contributed by atoms with Crippen LogP contribution < -0.4 is 25.9 Å². The van der Waals surface area contributed by atoms with Gasteiger partial charge in [-0.25, -0.2) is 0 Å². The highest BCUT2D eigenvalue weighted by atomic mass is 16.5. The third-order valence-corrected chi connectivity index (χ3v) is 9.31. The van der Waals surface area contributed by atoms with Crippen LogP contribution in [0, 0.1) is 0 Å². The molecule has 0 bridgehead atoms. The maximum Gasteiger partial charge on any atom is 0.260 e. The first-order valence-electron chi connectivity index (χ1n) is 15.0. The average Bonchev–Trinajstić information content (AvgIpc) is 3.42. The van der Waals surface area contributed by atoms with Crippen LogP contribution in [0.3, 0.4) is 0 Å². The van der Waals surface area contributed by atoms with Crippen molar-refractivity contribution < 1.29 is 9.47 Å². The lowest BCUT2D eigenvalue weighted by Crippen LogP contribution is -2.57. The third kappa shape index (κ3) is 3.28. The van der Waals surface area contributed by atoms with Gasteiger partial charge < -0.3 is 14.0 Å². The highest BCUT2D eigenvalue weighted by molar-refractivity contribution is 6.98. The summed E-state index contributed by atoms with van der Waals surface area (Å²) in [6.07, 6.45) is 0. The van der Waals surface area contributed by atoms with Crippen molar-refractivity contribution >= 4 is 55.7 Å². The van der Waals surface area contributed by atoms with E-state index >= 15 is 0 Å². The van der Waals surface area contributed by atoms with Crippen molar-refractivity contribution in [1.29, 1.82) is 0 Å². The molecule has 0 amide bonds. The van der Waals surface area contributed by atoms with Gasteiger partial charge in [0.15, 0.2) is 0 Å². The zero-order chi connectivity index (χ0) is 28.8. The molecule has 0 unspecified atom stereocenters. The molecule has 0 saturated heterocycles. The second kappa shape index (κ2) is 8.89. The summed E-state index contributed by atoms with van der Waals surface area (Å²) < 4.78 is 15.7. The minimum Gasteiger partial charge on any atom is -0.458 e. The lowest BCUT2D eigenvalue weighted by molar-refractivity contribution is 0.467. The SMILES string of the molecule is c1ccc2c(c1)Oc1cc(-c3ccc(-n4c5ccccc5c5ccccc54)cc3)cc3c1B2c1ccc2ccccc2c1O3. The number of nitrogens with zero attached hydrogens (tertiary/aromatic N) is 1. The smallest absolute Gasteiger partial charge is 0.260 e. The lowest BCUT2D eigenvalue weighted by Gasteiger charge is -2.33. The predicted octanol–water partition coefficient (Wildman–Crippen LogP) is 8.33. The molecule has 0 atom stereocenters. The van der Waals surface area contributed by atoms with Crippen LogP contribution in [0.15, 0.2) is 146 Å². The minimum absolute atomic E-state index is 0.0463. The number of rotatable bonds is 2. The molecule has 10 rings (SSSR count). The van der Waals surface area contributed by atoms with Gasteiger partial charge in [0.1, 0.15) is 23.0 Å². The predicted molar refractivity (Wildman–Crippen MR) is 181 cm³/mol. The van der Waals surface area contributed by atoms with Crippen LogP contribution in [0.25, 0.3) is 49.4 Å². The van der Waals surface area contributed by atoms with Gasteiger partial charge in [0, 0.05) is 27.3 Å². The highest BCUT2D eigenvalue weighted by Gasteiger charge is 2.40. The van der Waals surface area contributed by atoms with E-state index in [1.165, 1.54) is 38.1 Å². The topological polar surface area (TPSA) is 23.4 Å². The number of hydrogen-bond acceptors (Lipinski definition) is 2. The van der Waals surface area contributed by atoms with Crippen LogP contribution >= 0.6 is 0 Å². The van der Waals surface area contributed by atoms with Crippen LogP contribution in [-0.4, -0.2) is 11.3 Å². The summed E-state index contributed by atoms with van der Waals surface area (Å²) in [6.45, 7) is 0.0463. The van der Waals surface area contributed by atoms with E-state index < -0.39 is 0 Å². The molecule has 3 nitrogen and oxygen atoms in total. The van der Waals surface area contributed by atoms with Gasteiger partial charge in [-0.15, -0.1) is 0 Å². The van der Waals surface area contributed by atoms with E-state index in [0.29, 0.717) is 0 Å². The zero-order valence-electron chi connectivity index (χ0n) is 23.7. The molecular formula is C40H24BNO2. The van der Waals surface area contributed by atoms with E-state index in [0.717, 1.165) is 50.7 Å². The van der Waals surface area contributed by atoms with Gasteiger partial charge in [-0.2, -0.15) is 0 Å². The van der Waals surface area contributed by atoms with Gasteiger partial charge in [0.2, 0.25) is 0 Å². The van der Waals surface area contributed by atoms with E-state index in [-0.39, 0.29) is 6.71 Å². The second-order valence-electron chi connectivity index (χ2n) is 11.7. The number of para-hydroxylation sites is 3. The standard InChI is InChI=1S/C40H24BNO2/c1-2-10-29-26(9-1)19-22-33-40(29)44-38-24-27(23-37-39(38)41(33)32-13-5-8-16-36(32)43-37)25-17-20-28(21-18-25)42-34-14-6-3-11-30(34)31-12-4-7-15-35(31)42/h1-24H. The Hall–Kier alpha value is -5.74. The molecule has 204 valence electrons. The lowest BCUT2D eigenvalue weighted by atomic mass is 9.34. The summed E-state index contributed by atoms with van der Waals surface area (Å²) >= 11 is 0. The van der Waals surface area contributed by atoms with Crippen molar-refractivity contribution in [3.8, 4) is 39.8 Å². The van der Waals surface area contributed by atoms with Gasteiger partial charge in [0.25, 0.3) is 6.71 Å². The van der Waals surface area contributed by atoms with Gasteiger partial charge in [-0.05, 0) is 69.9 Å². The first-order chi connectivity index (χ1) is 21.8. The zero-order valence-corrected chi connectivity index (χ0v) is 23.7. The molecule has 0 spiro atoms. The fraction of sp³-hybridized carbons (Fsp3) is 0. The van der Waals surface area contributed by atoms with E-state index in [1.54, 1.807) is 0 Å². The van der Waals surface area contributed by atoms with Crippen molar-refractivity contribution in [1.82, 2.24) is 4.57 Å². The fourth-order valence-electron chi connectivity index (χ4n) is 7.34. The van der Waals surface area contributed by atoms with E-state index in [1.807, 2.05) is 6.07 Å². The number of hydrogen-bond donors (Lipinski definition) is 0. The molecule has 1 aromatic heterocycles. The largest absolute Gasteiger partial charge is 0.458 e. The Bertz CT molecular complexity index is 2410. The molecule has 44 heavy (non-hydrogen) atoms. The van der Waals surface area contributed by atoms with Gasteiger partial charge in [-0.1, -0.05) is 103 Å². The monoisotopic (exact) mass is 561 g/mol. The summed E-state index contributed by atoms with van der Waals surface area (Å²) in [7, 11) is 0. The molecule has 0 aliphatic carbocycles. The molecule has 0 N–H and O–H groups in total. The Morgan fingerprint density at radius 1 is 0.455 bits per heavy atom. The van der Waals surface area contributed by atoms with Gasteiger partial charge in [0.05, 0.1) is 11.0 Å². The van der Waals surface area contributed by atoms with Crippen molar-refractivity contribution in [2.24, 2.45) is 0 Å². The number of fused-ring (bicyclic) bond motifs is 9. The van der Waals surface area contributed by atoms with E-state index in [4.69, 9.17) is 9.47 Å². The molecule has 4 heteroatoms. The highest BCUT2D eigenvalue weighted by Crippen LogP contribution is 2.40. The minimum atomic E-state index is 0.0463. The summed E-state index contributed by atoms with van der Waals surface area (Å²) in [5.41, 5.74) is 9.16. The fourth-order valence-corrected chi connectivity index (χ4v) is 7.34. The Morgan fingerprint density at radius 2 is 1.09 bits per heavy atom. The van der Waals surface area contributed by atoms with Crippen LogP contribution in [0.5, 0.6) is 23.0 Å². The Morgan fingerprint density at radius 3 is 1.86 bits per heavy atom. The summed E-state index contributed by atoms with van der Waals surface area (Å²) in [6, 6.07) is 51.7. The van der Waals surface area contributed by atoms with Crippen LogP contribution in [-0.2, 0) is 0 Å². The molecule has 0 fully saturated rings. The molecule has 0 saturated carbocycles. The first-order valence-corrected chi connectivity index (χ1v) is 15.0. The van der Waals surface area contributed by atoms with E-state index in [9.17, 15) is 0 Å². The molecule has 3 heterocycles. The molecular weight excluding hydrogens is 537 g/mol. The van der Waals surface area contributed by atoms with Crippen LogP contribution in [0.2, 0.25) is 0 Å². The maximum absolute atomic E-state index is 6.81. The molecule has 0 radical (unpaired) electrons. The third-order valence-electron chi connectivity index (χ3n) is 9.31. The molecule has 2 aliphatic rings. The van der Waals surface area contributed by atoms with Gasteiger partial charge >= 0.3 is 0 Å². The summed E-state index contributed by atoms with van der Waals surface area (Å²) in [4.78, 5) is 0. The average molecular weight is 561 g/mol. The number of aromatic nitrogens is 1. The Labute approximate surface area is 254 Å². The first kappa shape index (κ1) is 23.8. The summed E-state index contributed by atoms with van der Waals surface area (Å²) in [5.74, 6) is 3.54. The Balaban J connectivity index is 1.14. The normalized spacial score (nSPS) is 12.9. The van der Waals surface area contributed by atoms with Crippen LogP contribution in [0.4, 0.5) is 0 Å². The van der Waals surface area contributed by atoms with Crippen molar-refractivity contribution in [2.45, 2.75) is 0 Å². The van der Waals surface area contributed by atoms with Gasteiger partial charge in [-0.3, -0.25) is 0 Å². The number of benzene rings is 7. The number of ether oxygens (including phenoxy) is 2. The quantitative estimate of drug-likeness (QED) is 0.198. The molecule has 8 aromatic rings. The molecule has 7 aromatic carbocycles. The van der Waals surface area contributed by atoms with Crippen LogP contribution in [0.1, 0.15) is 0 Å². The van der Waals surface area contributed by atoms with Crippen molar-refractivity contribution in [3.63, 3.8) is 0 Å². The second-order valence-corrected chi connectivity index (χ2v) is 11.7. The van der Waals surface area contributed by atoms with Crippen molar-refractivity contribution in [3.05, 3.63) is 146 Å². The van der Waals surface area contributed by atoms with Crippen molar-refractivity contribution in [2.75, 3.05) is 0 Å². The Kier molecular flexibility index (Phi) is 4.80. The maximum atomic E-state index is 6.81. The summed E-state index contributed by atoms with van der Waals surface area (Å²) in [5, 5.41) is 4.82. The molecule has 2 aliphatic heterocycles.